The van der Waals surface area contributed by atoms with Crippen molar-refractivity contribution in [1.82, 2.24) is 0 Å². The summed E-state index contributed by atoms with van der Waals surface area (Å²) < 4.78 is 0.976. The SMILES string of the molecule is O=C1CNc2cc(Br)ccc2N1c1ccc(Cl)cc1. The predicted octanol–water partition coefficient (Wildman–Crippen LogP) is 4.19. The molecule has 0 atom stereocenters. The van der Waals surface area contributed by atoms with Gasteiger partial charge in [0.05, 0.1) is 17.9 Å². The highest BCUT2D eigenvalue weighted by Crippen LogP contribution is 2.37. The molecule has 1 heterocycles. The molecule has 2 aromatic carbocycles. The molecule has 2 aromatic rings. The highest BCUT2D eigenvalue weighted by atomic mass is 79.9. The van der Waals surface area contributed by atoms with Gasteiger partial charge >= 0.3 is 0 Å². The van der Waals surface area contributed by atoms with Crippen LogP contribution in [0.3, 0.4) is 0 Å². The maximum Gasteiger partial charge on any atom is 0.250 e. The van der Waals surface area contributed by atoms with Gasteiger partial charge in [-0.1, -0.05) is 27.5 Å². The van der Waals surface area contributed by atoms with Gasteiger partial charge in [0.1, 0.15) is 0 Å². The minimum absolute atomic E-state index is 0.0112. The Morgan fingerprint density at radius 3 is 2.63 bits per heavy atom. The number of benzene rings is 2. The number of fused-ring (bicyclic) bond motifs is 1. The van der Waals surface area contributed by atoms with Crippen LogP contribution in [0.15, 0.2) is 46.9 Å². The van der Waals surface area contributed by atoms with Gasteiger partial charge in [-0.3, -0.25) is 9.69 Å². The summed E-state index contributed by atoms with van der Waals surface area (Å²) in [7, 11) is 0. The van der Waals surface area contributed by atoms with Gasteiger partial charge in [0.15, 0.2) is 0 Å². The molecule has 1 aliphatic rings. The van der Waals surface area contributed by atoms with E-state index in [0.717, 1.165) is 21.5 Å². The third-order valence-electron chi connectivity index (χ3n) is 2.96. The van der Waals surface area contributed by atoms with Crippen LogP contribution in [0.25, 0.3) is 0 Å². The number of carbonyl (C=O) groups excluding carboxylic acids is 1. The van der Waals surface area contributed by atoms with E-state index in [4.69, 9.17) is 11.6 Å². The van der Waals surface area contributed by atoms with Crippen molar-refractivity contribution < 1.29 is 4.79 Å². The van der Waals surface area contributed by atoms with Crippen LogP contribution in [0.5, 0.6) is 0 Å². The van der Waals surface area contributed by atoms with E-state index in [1.54, 1.807) is 17.0 Å². The summed E-state index contributed by atoms with van der Waals surface area (Å²) in [5.74, 6) is 0.0112. The fourth-order valence-electron chi connectivity index (χ4n) is 2.10. The van der Waals surface area contributed by atoms with E-state index >= 15 is 0 Å². The maximum absolute atomic E-state index is 12.1. The van der Waals surface area contributed by atoms with E-state index in [1.807, 2.05) is 30.3 Å². The summed E-state index contributed by atoms with van der Waals surface area (Å²) in [4.78, 5) is 13.8. The molecule has 0 fully saturated rings. The molecule has 19 heavy (non-hydrogen) atoms. The van der Waals surface area contributed by atoms with Crippen molar-refractivity contribution in [3.8, 4) is 0 Å². The van der Waals surface area contributed by atoms with Crippen molar-refractivity contribution in [2.45, 2.75) is 0 Å². The summed E-state index contributed by atoms with van der Waals surface area (Å²) in [6.07, 6.45) is 0. The Morgan fingerprint density at radius 2 is 1.89 bits per heavy atom. The Kier molecular flexibility index (Phi) is 3.21. The molecule has 0 aromatic heterocycles. The van der Waals surface area contributed by atoms with Crippen LogP contribution in [0, 0.1) is 0 Å². The standard InChI is InChI=1S/C14H10BrClN2O/c15-9-1-6-13-12(7-9)17-8-14(19)18(13)11-4-2-10(16)3-5-11/h1-7,17H,8H2. The number of halogens is 2. The number of rotatable bonds is 1. The molecule has 3 nitrogen and oxygen atoms in total. The Hall–Kier alpha value is -1.52. The molecule has 96 valence electrons. The highest BCUT2D eigenvalue weighted by Gasteiger charge is 2.25. The van der Waals surface area contributed by atoms with Crippen molar-refractivity contribution in [1.29, 1.82) is 0 Å². The van der Waals surface area contributed by atoms with Crippen LogP contribution in [0.4, 0.5) is 17.1 Å². The van der Waals surface area contributed by atoms with E-state index in [0.29, 0.717) is 5.02 Å². The summed E-state index contributed by atoms with van der Waals surface area (Å²) in [6, 6.07) is 13.1. The van der Waals surface area contributed by atoms with Crippen LogP contribution < -0.4 is 10.2 Å². The Morgan fingerprint density at radius 1 is 1.16 bits per heavy atom. The zero-order chi connectivity index (χ0) is 13.4. The van der Waals surface area contributed by atoms with Gasteiger partial charge in [-0.15, -0.1) is 0 Å². The molecule has 0 unspecified atom stereocenters. The molecule has 3 rings (SSSR count). The maximum atomic E-state index is 12.1. The van der Waals surface area contributed by atoms with E-state index in [1.165, 1.54) is 0 Å². The van der Waals surface area contributed by atoms with Crippen LogP contribution in [-0.4, -0.2) is 12.5 Å². The first-order valence-corrected chi connectivity index (χ1v) is 6.94. The van der Waals surface area contributed by atoms with Gasteiger partial charge in [-0.2, -0.15) is 0 Å². The summed E-state index contributed by atoms with van der Waals surface area (Å²) in [5, 5.41) is 3.77. The molecule has 1 amide bonds. The molecule has 0 saturated heterocycles. The summed E-state index contributed by atoms with van der Waals surface area (Å²) in [5.41, 5.74) is 2.60. The summed E-state index contributed by atoms with van der Waals surface area (Å²) >= 11 is 9.32. The lowest BCUT2D eigenvalue weighted by Crippen LogP contribution is -2.36. The lowest BCUT2D eigenvalue weighted by Gasteiger charge is -2.30. The van der Waals surface area contributed by atoms with Gasteiger partial charge in [-0.25, -0.2) is 0 Å². The van der Waals surface area contributed by atoms with Gasteiger partial charge < -0.3 is 5.32 Å². The zero-order valence-electron chi connectivity index (χ0n) is 9.86. The summed E-state index contributed by atoms with van der Waals surface area (Å²) in [6.45, 7) is 0.284. The molecule has 0 radical (unpaired) electrons. The van der Waals surface area contributed by atoms with E-state index in [-0.39, 0.29) is 12.5 Å². The first kappa shape index (κ1) is 12.5. The Bertz CT molecular complexity index is 642. The van der Waals surface area contributed by atoms with Crippen molar-refractivity contribution in [2.24, 2.45) is 0 Å². The van der Waals surface area contributed by atoms with E-state index < -0.39 is 0 Å². The highest BCUT2D eigenvalue weighted by molar-refractivity contribution is 9.10. The zero-order valence-corrected chi connectivity index (χ0v) is 12.2. The smallest absolute Gasteiger partial charge is 0.250 e. The first-order valence-electron chi connectivity index (χ1n) is 5.77. The molecule has 0 bridgehead atoms. The fourth-order valence-corrected chi connectivity index (χ4v) is 2.59. The van der Waals surface area contributed by atoms with Crippen LogP contribution in [0.2, 0.25) is 5.02 Å². The van der Waals surface area contributed by atoms with Gasteiger partial charge in [0, 0.05) is 15.2 Å². The van der Waals surface area contributed by atoms with Crippen molar-refractivity contribution in [2.75, 3.05) is 16.8 Å². The number of amides is 1. The van der Waals surface area contributed by atoms with Crippen molar-refractivity contribution in [3.05, 3.63) is 52.0 Å². The molecular formula is C14H10BrClN2O. The van der Waals surface area contributed by atoms with Gasteiger partial charge in [-0.05, 0) is 42.5 Å². The van der Waals surface area contributed by atoms with Crippen LogP contribution in [0.1, 0.15) is 0 Å². The molecule has 5 heteroatoms. The minimum atomic E-state index is 0.0112. The monoisotopic (exact) mass is 336 g/mol. The average Bonchev–Trinajstić information content (AvgIpc) is 2.40. The third-order valence-corrected chi connectivity index (χ3v) is 3.71. The molecule has 0 aliphatic carbocycles. The van der Waals surface area contributed by atoms with Crippen molar-refractivity contribution >= 4 is 50.5 Å². The topological polar surface area (TPSA) is 32.3 Å². The first-order chi connectivity index (χ1) is 9.15. The molecule has 0 spiro atoms. The minimum Gasteiger partial charge on any atom is -0.374 e. The van der Waals surface area contributed by atoms with Gasteiger partial charge in [0.25, 0.3) is 5.91 Å². The molecule has 0 saturated carbocycles. The van der Waals surface area contributed by atoms with Crippen LogP contribution >= 0.6 is 27.5 Å². The normalized spacial score (nSPS) is 14.0. The number of hydrogen-bond acceptors (Lipinski definition) is 2. The molecule has 1 aliphatic heterocycles. The second-order valence-corrected chi connectivity index (χ2v) is 5.57. The Labute approximate surface area is 124 Å². The molecule has 1 N–H and O–H groups in total. The average molecular weight is 338 g/mol. The lowest BCUT2D eigenvalue weighted by molar-refractivity contribution is -0.116. The predicted molar refractivity (Wildman–Crippen MR) is 81.2 cm³/mol. The number of nitrogens with one attached hydrogen (secondary N) is 1. The Balaban J connectivity index is 2.10. The van der Waals surface area contributed by atoms with Gasteiger partial charge in [0.2, 0.25) is 0 Å². The molecular weight excluding hydrogens is 328 g/mol. The third kappa shape index (κ3) is 2.33. The van der Waals surface area contributed by atoms with Crippen molar-refractivity contribution in [3.63, 3.8) is 0 Å². The lowest BCUT2D eigenvalue weighted by atomic mass is 10.1. The number of carbonyl (C=O) groups is 1. The quantitative estimate of drug-likeness (QED) is 0.846. The fraction of sp³-hybridized carbons (Fsp3) is 0.0714. The number of anilines is 3. The number of nitrogens with zero attached hydrogens (tertiary/aromatic N) is 1. The van der Waals surface area contributed by atoms with Crippen LogP contribution in [-0.2, 0) is 4.79 Å². The van der Waals surface area contributed by atoms with E-state index in [2.05, 4.69) is 21.2 Å². The second-order valence-electron chi connectivity index (χ2n) is 4.22. The largest absolute Gasteiger partial charge is 0.374 e. The number of hydrogen-bond donors (Lipinski definition) is 1. The van der Waals surface area contributed by atoms with E-state index in [9.17, 15) is 4.79 Å². The second kappa shape index (κ2) is 4.87.